The standard InChI is InChI=1S/C5H9BrClNO2/c6-1-4-10-5(9)8-3-2-7/h1-4H2,(H,8,9). The zero-order chi connectivity index (χ0) is 7.82. The molecule has 5 heteroatoms. The lowest BCUT2D eigenvalue weighted by atomic mass is 10.7. The van der Waals surface area contributed by atoms with Crippen molar-refractivity contribution in [2.75, 3.05) is 24.4 Å². The smallest absolute Gasteiger partial charge is 0.407 e. The van der Waals surface area contributed by atoms with Crippen LogP contribution in [-0.4, -0.2) is 30.5 Å². The molecule has 10 heavy (non-hydrogen) atoms. The minimum absolute atomic E-state index is 0.383. The summed E-state index contributed by atoms with van der Waals surface area (Å²) >= 11 is 8.42. The number of alkyl halides is 2. The van der Waals surface area contributed by atoms with Gasteiger partial charge in [0, 0.05) is 17.8 Å². The molecule has 3 nitrogen and oxygen atoms in total. The molecule has 0 aromatic heterocycles. The fraction of sp³-hybridized carbons (Fsp3) is 0.800. The minimum Gasteiger partial charge on any atom is -0.449 e. The van der Waals surface area contributed by atoms with Crippen LogP contribution in [0.15, 0.2) is 0 Å². The van der Waals surface area contributed by atoms with Gasteiger partial charge in [-0.05, 0) is 0 Å². The maximum absolute atomic E-state index is 10.5. The van der Waals surface area contributed by atoms with Gasteiger partial charge in [0.15, 0.2) is 0 Å². The van der Waals surface area contributed by atoms with Gasteiger partial charge in [-0.25, -0.2) is 4.79 Å². The predicted octanol–water partition coefficient (Wildman–Crippen LogP) is 1.35. The van der Waals surface area contributed by atoms with E-state index in [4.69, 9.17) is 11.6 Å². The molecular weight excluding hydrogens is 221 g/mol. The van der Waals surface area contributed by atoms with Crippen LogP contribution in [0.5, 0.6) is 0 Å². The highest BCUT2D eigenvalue weighted by Crippen LogP contribution is 1.82. The third kappa shape index (κ3) is 6.16. The lowest BCUT2D eigenvalue weighted by Crippen LogP contribution is -2.26. The van der Waals surface area contributed by atoms with E-state index in [0.29, 0.717) is 24.4 Å². The molecule has 0 aliphatic carbocycles. The van der Waals surface area contributed by atoms with Crippen LogP contribution in [0.1, 0.15) is 0 Å². The fourth-order valence-corrected chi connectivity index (χ4v) is 0.588. The summed E-state index contributed by atoms with van der Waals surface area (Å²) in [6.45, 7) is 0.830. The molecule has 0 spiro atoms. The van der Waals surface area contributed by atoms with Gasteiger partial charge in [0.25, 0.3) is 0 Å². The fourth-order valence-electron chi connectivity index (χ4n) is 0.332. The summed E-state index contributed by atoms with van der Waals surface area (Å²) in [5.74, 6) is 0.406. The summed E-state index contributed by atoms with van der Waals surface area (Å²) < 4.78 is 4.64. The Morgan fingerprint density at radius 2 is 2.40 bits per heavy atom. The molecule has 0 atom stereocenters. The highest BCUT2D eigenvalue weighted by molar-refractivity contribution is 9.09. The van der Waals surface area contributed by atoms with E-state index in [2.05, 4.69) is 26.0 Å². The first-order valence-corrected chi connectivity index (χ1v) is 4.49. The quantitative estimate of drug-likeness (QED) is 0.741. The second-order valence-electron chi connectivity index (χ2n) is 1.44. The number of hydrogen-bond acceptors (Lipinski definition) is 2. The molecule has 0 radical (unpaired) electrons. The zero-order valence-corrected chi connectivity index (χ0v) is 7.74. The van der Waals surface area contributed by atoms with Crippen LogP contribution in [0, 0.1) is 0 Å². The van der Waals surface area contributed by atoms with Crippen LogP contribution in [0.4, 0.5) is 4.79 Å². The number of rotatable bonds is 4. The summed E-state index contributed by atoms with van der Waals surface area (Å²) in [6, 6.07) is 0. The molecule has 60 valence electrons. The van der Waals surface area contributed by atoms with E-state index in [1.165, 1.54) is 0 Å². The Bertz CT molecular complexity index is 91.6. The highest BCUT2D eigenvalue weighted by Gasteiger charge is 1.97. The number of amides is 1. The predicted molar refractivity (Wildman–Crippen MR) is 43.9 cm³/mol. The van der Waals surface area contributed by atoms with Gasteiger partial charge < -0.3 is 10.1 Å². The van der Waals surface area contributed by atoms with E-state index in [0.717, 1.165) is 0 Å². The lowest BCUT2D eigenvalue weighted by Gasteiger charge is -2.02. The van der Waals surface area contributed by atoms with E-state index in [9.17, 15) is 4.79 Å². The average Bonchev–Trinajstić information content (AvgIpc) is 1.97. The normalized spacial score (nSPS) is 9.00. The second-order valence-corrected chi connectivity index (χ2v) is 2.61. The van der Waals surface area contributed by atoms with Crippen LogP contribution in [0.25, 0.3) is 0 Å². The van der Waals surface area contributed by atoms with Crippen molar-refractivity contribution < 1.29 is 9.53 Å². The van der Waals surface area contributed by atoms with Crippen molar-refractivity contribution in [1.82, 2.24) is 5.32 Å². The van der Waals surface area contributed by atoms with Crippen molar-refractivity contribution in [2.24, 2.45) is 0 Å². The van der Waals surface area contributed by atoms with Crippen LogP contribution in [0.3, 0.4) is 0 Å². The molecule has 0 bridgehead atoms. The molecule has 0 aromatic rings. The summed E-state index contributed by atoms with van der Waals surface area (Å²) in [5.41, 5.74) is 0. The zero-order valence-electron chi connectivity index (χ0n) is 5.40. The number of carbonyl (C=O) groups excluding carboxylic acids is 1. The molecule has 0 fully saturated rings. The summed E-state index contributed by atoms with van der Waals surface area (Å²) in [4.78, 5) is 10.5. The molecule has 0 aliphatic rings. The number of halogens is 2. The second kappa shape index (κ2) is 7.15. The van der Waals surface area contributed by atoms with Gasteiger partial charge in [0.2, 0.25) is 0 Å². The van der Waals surface area contributed by atoms with Crippen molar-refractivity contribution in [3.05, 3.63) is 0 Å². The minimum atomic E-state index is -0.417. The third-order valence-electron chi connectivity index (χ3n) is 0.674. The van der Waals surface area contributed by atoms with Crippen LogP contribution in [0.2, 0.25) is 0 Å². The molecule has 0 heterocycles. The number of alkyl carbamates (subject to hydrolysis) is 1. The Morgan fingerprint density at radius 1 is 1.70 bits per heavy atom. The van der Waals surface area contributed by atoms with Gasteiger partial charge >= 0.3 is 6.09 Å². The third-order valence-corrected chi connectivity index (χ3v) is 1.19. The first-order valence-electron chi connectivity index (χ1n) is 2.83. The maximum atomic E-state index is 10.5. The Hall–Kier alpha value is 0.0400. The van der Waals surface area contributed by atoms with E-state index >= 15 is 0 Å². The van der Waals surface area contributed by atoms with E-state index in [1.807, 2.05) is 0 Å². The van der Waals surface area contributed by atoms with Gasteiger partial charge in [0.05, 0.1) is 0 Å². The van der Waals surface area contributed by atoms with Crippen molar-refractivity contribution in [3.63, 3.8) is 0 Å². The maximum Gasteiger partial charge on any atom is 0.407 e. The summed E-state index contributed by atoms with van der Waals surface area (Å²) in [6.07, 6.45) is -0.417. The first-order chi connectivity index (χ1) is 4.81. The first kappa shape index (κ1) is 10.0. The molecule has 0 rings (SSSR count). The number of ether oxygens (including phenoxy) is 1. The number of nitrogens with one attached hydrogen (secondary N) is 1. The SMILES string of the molecule is O=C(NCCCl)OCCBr. The van der Waals surface area contributed by atoms with Gasteiger partial charge in [-0.1, -0.05) is 15.9 Å². The van der Waals surface area contributed by atoms with Crippen molar-refractivity contribution in [1.29, 1.82) is 0 Å². The van der Waals surface area contributed by atoms with Crippen LogP contribution >= 0.6 is 27.5 Å². The topological polar surface area (TPSA) is 38.3 Å². The highest BCUT2D eigenvalue weighted by atomic mass is 79.9. The van der Waals surface area contributed by atoms with E-state index in [1.54, 1.807) is 0 Å². The Balaban J connectivity index is 3.09. The molecular formula is C5H9BrClNO2. The van der Waals surface area contributed by atoms with Crippen molar-refractivity contribution >= 4 is 33.6 Å². The molecule has 0 unspecified atom stereocenters. The molecule has 0 aromatic carbocycles. The van der Waals surface area contributed by atoms with Crippen molar-refractivity contribution in [2.45, 2.75) is 0 Å². The average molecular weight is 230 g/mol. The monoisotopic (exact) mass is 229 g/mol. The van der Waals surface area contributed by atoms with Gasteiger partial charge in [-0.2, -0.15) is 0 Å². The van der Waals surface area contributed by atoms with E-state index in [-0.39, 0.29) is 0 Å². The summed E-state index contributed by atoms with van der Waals surface area (Å²) in [5, 5.41) is 3.11. The van der Waals surface area contributed by atoms with Gasteiger partial charge in [-0.3, -0.25) is 0 Å². The number of hydrogen-bond donors (Lipinski definition) is 1. The van der Waals surface area contributed by atoms with E-state index < -0.39 is 6.09 Å². The van der Waals surface area contributed by atoms with Crippen molar-refractivity contribution in [3.8, 4) is 0 Å². The Morgan fingerprint density at radius 3 is 2.90 bits per heavy atom. The number of carbonyl (C=O) groups is 1. The molecule has 0 saturated carbocycles. The molecule has 1 N–H and O–H groups in total. The Labute approximate surface area is 73.2 Å². The van der Waals surface area contributed by atoms with Crippen LogP contribution in [-0.2, 0) is 4.74 Å². The Kier molecular flexibility index (Phi) is 7.18. The molecule has 0 aliphatic heterocycles. The largest absolute Gasteiger partial charge is 0.449 e. The lowest BCUT2D eigenvalue weighted by molar-refractivity contribution is 0.154. The van der Waals surface area contributed by atoms with Gasteiger partial charge in [-0.15, -0.1) is 11.6 Å². The molecule has 1 amide bonds. The van der Waals surface area contributed by atoms with Gasteiger partial charge in [0.1, 0.15) is 6.61 Å². The summed E-state index contributed by atoms with van der Waals surface area (Å²) in [7, 11) is 0. The molecule has 0 saturated heterocycles. The van der Waals surface area contributed by atoms with Crippen LogP contribution < -0.4 is 5.32 Å².